The van der Waals surface area contributed by atoms with Crippen LogP contribution in [-0.2, 0) is 4.79 Å². The van der Waals surface area contributed by atoms with Crippen molar-refractivity contribution in [3.63, 3.8) is 0 Å². The summed E-state index contributed by atoms with van der Waals surface area (Å²) in [6.45, 7) is 5.96. The largest absolute Gasteiger partial charge is 0.511 e. The van der Waals surface area contributed by atoms with Crippen LogP contribution in [0.2, 0.25) is 0 Å². The molecule has 1 aromatic heterocycles. The zero-order valence-corrected chi connectivity index (χ0v) is 22.0. The molecule has 5 rings (SSSR count). The molecular formula is C32H29NO3S. The lowest BCUT2D eigenvalue weighted by molar-refractivity contribution is -0.116. The zero-order chi connectivity index (χ0) is 26.2. The van der Waals surface area contributed by atoms with Crippen LogP contribution < -0.4 is 5.32 Å². The number of thiophene rings is 1. The Kier molecular flexibility index (Phi) is 6.57. The van der Waals surface area contributed by atoms with Gasteiger partial charge in [0.2, 0.25) is 0 Å². The Morgan fingerprint density at radius 1 is 0.892 bits per heavy atom. The fourth-order valence-electron chi connectivity index (χ4n) is 4.84. The number of carbonyl (C=O) groups is 2. The number of hydrogen-bond acceptors (Lipinski definition) is 5. The predicted molar refractivity (Wildman–Crippen MR) is 152 cm³/mol. The second-order valence-electron chi connectivity index (χ2n) is 10.3. The molecule has 0 saturated carbocycles. The summed E-state index contributed by atoms with van der Waals surface area (Å²) in [7, 11) is 0. The zero-order valence-electron chi connectivity index (χ0n) is 21.2. The molecule has 4 nitrogen and oxygen atoms in total. The molecule has 0 bridgehead atoms. The van der Waals surface area contributed by atoms with E-state index in [1.54, 1.807) is 0 Å². The highest BCUT2D eigenvalue weighted by atomic mass is 32.1. The number of nitrogens with one attached hydrogen (secondary N) is 1. The van der Waals surface area contributed by atoms with Gasteiger partial charge in [0.25, 0.3) is 0 Å². The van der Waals surface area contributed by atoms with Crippen LogP contribution in [0.5, 0.6) is 0 Å². The number of aliphatic hydroxyl groups excluding tert-OH is 1. The van der Waals surface area contributed by atoms with E-state index in [4.69, 9.17) is 0 Å². The maximum absolute atomic E-state index is 14.1. The monoisotopic (exact) mass is 507 g/mol. The molecule has 0 spiro atoms. The second-order valence-corrected chi connectivity index (χ2v) is 11.3. The van der Waals surface area contributed by atoms with E-state index in [2.05, 4.69) is 5.32 Å². The number of ketones is 2. The van der Waals surface area contributed by atoms with Gasteiger partial charge in [-0.15, -0.1) is 11.3 Å². The number of anilines is 2. The van der Waals surface area contributed by atoms with Crippen LogP contribution in [0.3, 0.4) is 0 Å². The molecule has 1 aliphatic carbocycles. The SMILES string of the molecule is Cc1ccc(C(=O)c2c(Nc3ccccc3)sc(C3=C(O)CC(C)(C)CC3=O)c2-c2ccccc2)cc1. The molecule has 37 heavy (non-hydrogen) atoms. The van der Waals surface area contributed by atoms with E-state index in [-0.39, 0.29) is 22.7 Å². The summed E-state index contributed by atoms with van der Waals surface area (Å²) in [4.78, 5) is 28.2. The van der Waals surface area contributed by atoms with E-state index in [1.807, 2.05) is 106 Å². The Bertz CT molecular complexity index is 1500. The third-order valence-corrected chi connectivity index (χ3v) is 7.75. The molecule has 0 amide bonds. The van der Waals surface area contributed by atoms with E-state index >= 15 is 0 Å². The summed E-state index contributed by atoms with van der Waals surface area (Å²) in [6, 6.07) is 26.8. The summed E-state index contributed by atoms with van der Waals surface area (Å²) in [5.41, 5.74) is 4.46. The van der Waals surface area contributed by atoms with Crippen LogP contribution in [0.1, 0.15) is 53.1 Å². The molecule has 2 N–H and O–H groups in total. The fraction of sp³-hybridized carbons (Fsp3) is 0.188. The molecule has 0 atom stereocenters. The lowest BCUT2D eigenvalue weighted by atomic mass is 9.75. The topological polar surface area (TPSA) is 66.4 Å². The van der Waals surface area contributed by atoms with Gasteiger partial charge in [0, 0.05) is 29.7 Å². The van der Waals surface area contributed by atoms with Crippen molar-refractivity contribution in [2.45, 2.75) is 33.6 Å². The minimum atomic E-state index is -0.319. The number of aliphatic hydroxyl groups is 1. The van der Waals surface area contributed by atoms with Crippen LogP contribution in [0, 0.1) is 12.3 Å². The average Bonchev–Trinajstić information content (AvgIpc) is 3.22. The van der Waals surface area contributed by atoms with E-state index in [1.165, 1.54) is 11.3 Å². The molecule has 0 fully saturated rings. The Balaban J connectivity index is 1.79. The molecular weight excluding hydrogens is 478 g/mol. The Hall–Kier alpha value is -3.96. The number of para-hydroxylation sites is 1. The van der Waals surface area contributed by atoms with Gasteiger partial charge in [-0.3, -0.25) is 9.59 Å². The highest BCUT2D eigenvalue weighted by Crippen LogP contribution is 2.49. The van der Waals surface area contributed by atoms with Gasteiger partial charge >= 0.3 is 0 Å². The van der Waals surface area contributed by atoms with Gasteiger partial charge in [-0.2, -0.15) is 0 Å². The first-order valence-corrected chi connectivity index (χ1v) is 13.2. The van der Waals surface area contributed by atoms with Crippen molar-refractivity contribution in [2.24, 2.45) is 5.41 Å². The normalized spacial score (nSPS) is 15.1. The number of hydrogen-bond donors (Lipinski definition) is 2. The number of carbonyl (C=O) groups excluding carboxylic acids is 2. The summed E-state index contributed by atoms with van der Waals surface area (Å²) >= 11 is 1.35. The van der Waals surface area contributed by atoms with E-state index in [0.29, 0.717) is 45.0 Å². The van der Waals surface area contributed by atoms with Gasteiger partial charge in [-0.1, -0.05) is 92.2 Å². The maximum atomic E-state index is 14.1. The lowest BCUT2D eigenvalue weighted by Gasteiger charge is -2.29. The van der Waals surface area contributed by atoms with Crippen LogP contribution in [0.4, 0.5) is 10.7 Å². The van der Waals surface area contributed by atoms with Crippen molar-refractivity contribution in [1.29, 1.82) is 0 Å². The number of aryl methyl sites for hydroxylation is 1. The predicted octanol–water partition coefficient (Wildman–Crippen LogP) is 8.36. The van der Waals surface area contributed by atoms with Crippen LogP contribution in [0.25, 0.3) is 16.7 Å². The summed E-state index contributed by atoms with van der Waals surface area (Å²) < 4.78 is 0. The smallest absolute Gasteiger partial charge is 0.196 e. The van der Waals surface area contributed by atoms with Crippen molar-refractivity contribution in [3.8, 4) is 11.1 Å². The van der Waals surface area contributed by atoms with Gasteiger partial charge in [0.1, 0.15) is 10.8 Å². The van der Waals surface area contributed by atoms with E-state index < -0.39 is 0 Å². The van der Waals surface area contributed by atoms with Crippen LogP contribution in [-0.4, -0.2) is 16.7 Å². The first kappa shape index (κ1) is 24.7. The van der Waals surface area contributed by atoms with Crippen molar-refractivity contribution in [3.05, 3.63) is 112 Å². The molecule has 4 aromatic rings. The van der Waals surface area contributed by atoms with Gasteiger partial charge < -0.3 is 10.4 Å². The first-order chi connectivity index (χ1) is 17.7. The minimum absolute atomic E-state index is 0.0836. The molecule has 1 aliphatic rings. The molecule has 3 aromatic carbocycles. The van der Waals surface area contributed by atoms with Crippen LogP contribution in [0.15, 0.2) is 90.7 Å². The van der Waals surface area contributed by atoms with Crippen molar-refractivity contribution < 1.29 is 14.7 Å². The quantitative estimate of drug-likeness (QED) is 0.257. The van der Waals surface area contributed by atoms with E-state index in [9.17, 15) is 14.7 Å². The molecule has 5 heteroatoms. The Labute approximate surface area is 221 Å². The molecule has 0 aliphatic heterocycles. The average molecular weight is 508 g/mol. The molecule has 0 saturated heterocycles. The standard InChI is InChI=1S/C32H29NO3S/c1-20-14-16-22(17-15-20)29(36)28-26(21-10-6-4-7-11-21)30(27-24(34)18-32(2,3)19-25(27)35)37-31(28)33-23-12-8-5-9-13-23/h4-17,33-34H,18-19H2,1-3H3. The number of rotatable bonds is 6. The van der Waals surface area contributed by atoms with Gasteiger partial charge in [-0.05, 0) is 30.0 Å². The number of allylic oxidation sites excluding steroid dienone is 2. The molecule has 0 radical (unpaired) electrons. The Morgan fingerprint density at radius 2 is 1.51 bits per heavy atom. The van der Waals surface area contributed by atoms with E-state index in [0.717, 1.165) is 16.8 Å². The fourth-order valence-corrected chi connectivity index (χ4v) is 6.17. The third-order valence-electron chi connectivity index (χ3n) is 6.62. The van der Waals surface area contributed by atoms with Gasteiger partial charge in [0.15, 0.2) is 11.6 Å². The molecule has 186 valence electrons. The highest BCUT2D eigenvalue weighted by molar-refractivity contribution is 7.18. The number of Topliss-reactive ketones (excluding diaryl/α,β-unsaturated/α-hetero) is 1. The van der Waals surface area contributed by atoms with Crippen molar-refractivity contribution >= 4 is 39.2 Å². The molecule has 0 unspecified atom stereocenters. The maximum Gasteiger partial charge on any atom is 0.196 e. The summed E-state index contributed by atoms with van der Waals surface area (Å²) in [5.74, 6) is -0.156. The molecule has 1 heterocycles. The van der Waals surface area contributed by atoms with Crippen LogP contribution >= 0.6 is 11.3 Å². The highest BCUT2D eigenvalue weighted by Gasteiger charge is 2.37. The summed E-state index contributed by atoms with van der Waals surface area (Å²) in [6.07, 6.45) is 0.740. The second kappa shape index (κ2) is 9.83. The minimum Gasteiger partial charge on any atom is -0.511 e. The third kappa shape index (κ3) is 5.00. The van der Waals surface area contributed by atoms with Gasteiger partial charge in [-0.25, -0.2) is 0 Å². The van der Waals surface area contributed by atoms with Crippen molar-refractivity contribution in [1.82, 2.24) is 0 Å². The Morgan fingerprint density at radius 3 is 2.14 bits per heavy atom. The first-order valence-electron chi connectivity index (χ1n) is 12.3. The number of benzene rings is 3. The van der Waals surface area contributed by atoms with Crippen molar-refractivity contribution in [2.75, 3.05) is 5.32 Å². The van der Waals surface area contributed by atoms with Gasteiger partial charge in [0.05, 0.1) is 16.0 Å². The summed E-state index contributed by atoms with van der Waals surface area (Å²) in [5, 5.41) is 15.2. The lowest BCUT2D eigenvalue weighted by Crippen LogP contribution is -2.25.